The number of nitrogens with one attached hydrogen (secondary N) is 2. The molecule has 1 heterocycles. The second-order valence-electron chi connectivity index (χ2n) is 2.60. The van der Waals surface area contributed by atoms with Crippen molar-refractivity contribution in [3.8, 4) is 0 Å². The molecule has 0 bridgehead atoms. The van der Waals surface area contributed by atoms with Gasteiger partial charge in [-0.15, -0.1) is 0 Å². The summed E-state index contributed by atoms with van der Waals surface area (Å²) < 4.78 is 0. The Kier molecular flexibility index (Phi) is 2.97. The maximum Gasteiger partial charge on any atom is 0.234 e. The quantitative estimate of drug-likeness (QED) is 0.609. The lowest BCUT2D eigenvalue weighted by Crippen LogP contribution is -2.30. The van der Waals surface area contributed by atoms with Crippen LogP contribution in [-0.4, -0.2) is 21.1 Å². The molecule has 0 saturated heterocycles. The monoisotopic (exact) mass is 198 g/mol. The molecule has 0 radical (unpaired) electrons. The molecule has 0 aliphatic carbocycles. The number of rotatable bonds is 3. The van der Waals surface area contributed by atoms with E-state index in [0.29, 0.717) is 5.69 Å². The van der Waals surface area contributed by atoms with Crippen molar-refractivity contribution in [1.82, 2.24) is 10.2 Å². The van der Waals surface area contributed by atoms with Crippen molar-refractivity contribution in [2.45, 2.75) is 6.92 Å². The van der Waals surface area contributed by atoms with Gasteiger partial charge in [0.05, 0.1) is 22.8 Å². The molecular formula is C7H10N4OS. The molecule has 1 aromatic heterocycles. The molecule has 1 aromatic rings. The van der Waals surface area contributed by atoms with Crippen molar-refractivity contribution in [2.75, 3.05) is 5.32 Å². The summed E-state index contributed by atoms with van der Waals surface area (Å²) in [5.74, 6) is -0.696. The Morgan fingerprint density at radius 3 is 3.00 bits per heavy atom. The topological polar surface area (TPSA) is 83.8 Å². The predicted molar refractivity (Wildman–Crippen MR) is 53.2 cm³/mol. The van der Waals surface area contributed by atoms with Crippen molar-refractivity contribution in [3.05, 3.63) is 12.4 Å². The van der Waals surface area contributed by atoms with Gasteiger partial charge < -0.3 is 11.1 Å². The molecule has 1 atom stereocenters. The van der Waals surface area contributed by atoms with Crippen molar-refractivity contribution >= 4 is 28.8 Å². The summed E-state index contributed by atoms with van der Waals surface area (Å²) in [4.78, 5) is 11.5. The van der Waals surface area contributed by atoms with Crippen LogP contribution in [-0.2, 0) is 4.79 Å². The van der Waals surface area contributed by atoms with Crippen LogP contribution in [0.1, 0.15) is 6.92 Å². The highest BCUT2D eigenvalue weighted by molar-refractivity contribution is 7.80. The number of H-pyrrole nitrogens is 1. The minimum atomic E-state index is -0.468. The molecule has 0 aromatic carbocycles. The number of aromatic amines is 1. The lowest BCUT2D eigenvalue weighted by molar-refractivity contribution is -0.117. The number of carbonyl (C=O) groups is 1. The van der Waals surface area contributed by atoms with Gasteiger partial charge in [0.15, 0.2) is 0 Å². The maximum atomic E-state index is 11.3. The average molecular weight is 198 g/mol. The van der Waals surface area contributed by atoms with Gasteiger partial charge in [-0.05, 0) is 6.92 Å². The van der Waals surface area contributed by atoms with Crippen LogP contribution in [0.2, 0.25) is 0 Å². The number of aromatic nitrogens is 2. The first-order valence-electron chi connectivity index (χ1n) is 3.70. The molecule has 1 amide bonds. The van der Waals surface area contributed by atoms with E-state index in [1.807, 2.05) is 0 Å². The first-order valence-corrected chi connectivity index (χ1v) is 4.11. The number of hydrogen-bond donors (Lipinski definition) is 3. The van der Waals surface area contributed by atoms with Crippen LogP contribution in [0.3, 0.4) is 0 Å². The Balaban J connectivity index is 2.56. The zero-order valence-corrected chi connectivity index (χ0v) is 7.89. The Morgan fingerprint density at radius 1 is 1.85 bits per heavy atom. The Labute approximate surface area is 80.7 Å². The van der Waals surface area contributed by atoms with Gasteiger partial charge in [-0.3, -0.25) is 9.89 Å². The summed E-state index contributed by atoms with van der Waals surface area (Å²) in [6.45, 7) is 1.65. The number of amides is 1. The van der Waals surface area contributed by atoms with E-state index in [-0.39, 0.29) is 10.9 Å². The molecular weight excluding hydrogens is 188 g/mol. The fraction of sp³-hybridized carbons (Fsp3) is 0.286. The second kappa shape index (κ2) is 3.99. The summed E-state index contributed by atoms with van der Waals surface area (Å²) in [6, 6.07) is 0. The minimum Gasteiger partial charge on any atom is -0.393 e. The third-order valence-electron chi connectivity index (χ3n) is 1.59. The van der Waals surface area contributed by atoms with Crippen molar-refractivity contribution in [2.24, 2.45) is 11.7 Å². The highest BCUT2D eigenvalue weighted by atomic mass is 32.1. The van der Waals surface area contributed by atoms with Crippen LogP contribution >= 0.6 is 12.2 Å². The molecule has 0 aliphatic rings. The summed E-state index contributed by atoms with van der Waals surface area (Å²) in [6.07, 6.45) is 3.08. The second-order valence-corrected chi connectivity index (χ2v) is 3.07. The van der Waals surface area contributed by atoms with Gasteiger partial charge in [0.1, 0.15) is 0 Å². The van der Waals surface area contributed by atoms with E-state index in [0.717, 1.165) is 0 Å². The number of anilines is 1. The standard InChI is InChI=1S/C7H10N4OS/c1-4(6(8)13)7(12)11-5-2-9-10-3-5/h2-4H,1H3,(H2,8,13)(H,9,10)(H,11,12). The van der Waals surface area contributed by atoms with Crippen LogP contribution in [0.15, 0.2) is 12.4 Å². The first kappa shape index (κ1) is 9.66. The third kappa shape index (κ3) is 2.51. The van der Waals surface area contributed by atoms with E-state index in [1.165, 1.54) is 6.20 Å². The summed E-state index contributed by atoms with van der Waals surface area (Å²) in [7, 11) is 0. The first-order chi connectivity index (χ1) is 6.11. The number of nitrogens with zero attached hydrogens (tertiary/aromatic N) is 1. The third-order valence-corrected chi connectivity index (χ3v) is 1.94. The molecule has 1 unspecified atom stereocenters. The Bertz CT molecular complexity index is 308. The Hall–Kier alpha value is -1.43. The zero-order chi connectivity index (χ0) is 9.84. The van der Waals surface area contributed by atoms with E-state index >= 15 is 0 Å². The smallest absolute Gasteiger partial charge is 0.234 e. The lowest BCUT2D eigenvalue weighted by Gasteiger charge is -2.08. The maximum absolute atomic E-state index is 11.3. The summed E-state index contributed by atoms with van der Waals surface area (Å²) in [5.41, 5.74) is 5.92. The van der Waals surface area contributed by atoms with E-state index in [2.05, 4.69) is 27.7 Å². The number of nitrogens with two attached hydrogens (primary N) is 1. The van der Waals surface area contributed by atoms with Crippen molar-refractivity contribution in [3.63, 3.8) is 0 Å². The fourth-order valence-electron chi connectivity index (χ4n) is 0.699. The van der Waals surface area contributed by atoms with Gasteiger partial charge in [0, 0.05) is 6.20 Å². The molecule has 1 rings (SSSR count). The molecule has 0 spiro atoms. The number of thiocarbonyl (C=S) groups is 1. The van der Waals surface area contributed by atoms with Gasteiger partial charge in [-0.1, -0.05) is 12.2 Å². The largest absolute Gasteiger partial charge is 0.393 e. The fourth-order valence-corrected chi connectivity index (χ4v) is 0.806. The number of carbonyl (C=O) groups excluding carboxylic acids is 1. The van der Waals surface area contributed by atoms with Crippen molar-refractivity contribution in [1.29, 1.82) is 0 Å². The molecule has 70 valence electrons. The average Bonchev–Trinajstić information content (AvgIpc) is 2.55. The van der Waals surface area contributed by atoms with Gasteiger partial charge in [0.2, 0.25) is 5.91 Å². The SMILES string of the molecule is CC(C(=O)Nc1cn[nH]c1)C(N)=S. The predicted octanol–water partition coefficient (Wildman–Crippen LogP) is 0.270. The number of hydrogen-bond acceptors (Lipinski definition) is 3. The van der Waals surface area contributed by atoms with E-state index < -0.39 is 5.92 Å². The van der Waals surface area contributed by atoms with Crippen LogP contribution < -0.4 is 11.1 Å². The van der Waals surface area contributed by atoms with Crippen LogP contribution in [0.25, 0.3) is 0 Å². The van der Waals surface area contributed by atoms with Gasteiger partial charge >= 0.3 is 0 Å². The van der Waals surface area contributed by atoms with Gasteiger partial charge in [-0.25, -0.2) is 0 Å². The Morgan fingerprint density at radius 2 is 2.54 bits per heavy atom. The van der Waals surface area contributed by atoms with Crippen LogP contribution in [0.4, 0.5) is 5.69 Å². The van der Waals surface area contributed by atoms with E-state index in [1.54, 1.807) is 13.1 Å². The highest BCUT2D eigenvalue weighted by Crippen LogP contribution is 2.04. The normalized spacial score (nSPS) is 12.1. The summed E-state index contributed by atoms with van der Waals surface area (Å²) in [5, 5.41) is 8.85. The van der Waals surface area contributed by atoms with Crippen molar-refractivity contribution < 1.29 is 4.79 Å². The van der Waals surface area contributed by atoms with Crippen LogP contribution in [0.5, 0.6) is 0 Å². The molecule has 4 N–H and O–H groups in total. The molecule has 5 nitrogen and oxygen atoms in total. The highest BCUT2D eigenvalue weighted by Gasteiger charge is 2.15. The summed E-state index contributed by atoms with van der Waals surface area (Å²) >= 11 is 4.68. The lowest BCUT2D eigenvalue weighted by atomic mass is 10.1. The molecule has 6 heteroatoms. The van der Waals surface area contributed by atoms with Gasteiger partial charge in [-0.2, -0.15) is 5.10 Å². The van der Waals surface area contributed by atoms with E-state index in [9.17, 15) is 4.79 Å². The van der Waals surface area contributed by atoms with Gasteiger partial charge in [0.25, 0.3) is 0 Å². The zero-order valence-electron chi connectivity index (χ0n) is 7.07. The minimum absolute atomic E-state index is 0.181. The molecule has 0 aliphatic heterocycles. The molecule has 13 heavy (non-hydrogen) atoms. The molecule has 0 saturated carbocycles. The molecule has 0 fully saturated rings. The van der Waals surface area contributed by atoms with Crippen LogP contribution in [0, 0.1) is 5.92 Å². The van der Waals surface area contributed by atoms with E-state index in [4.69, 9.17) is 5.73 Å².